The van der Waals surface area contributed by atoms with Crippen LogP contribution in [0.5, 0.6) is 0 Å². The summed E-state index contributed by atoms with van der Waals surface area (Å²) in [5, 5.41) is 4.90. The smallest absolute Gasteiger partial charge is 0.345 e. The lowest BCUT2D eigenvalue weighted by molar-refractivity contribution is -0.219. The molecule has 3 rings (SSSR count). The predicted molar refractivity (Wildman–Crippen MR) is 119 cm³/mol. The van der Waals surface area contributed by atoms with Crippen molar-refractivity contribution >= 4 is 50.6 Å². The van der Waals surface area contributed by atoms with Crippen LogP contribution in [0.1, 0.15) is 5.56 Å². The number of nitrogens with zero attached hydrogens (tertiary/aromatic N) is 3. The van der Waals surface area contributed by atoms with Crippen molar-refractivity contribution in [3.63, 3.8) is 0 Å². The summed E-state index contributed by atoms with van der Waals surface area (Å²) in [7, 11) is -4.06. The Morgan fingerprint density at radius 3 is 2.11 bits per heavy atom. The molecule has 17 heteroatoms. The van der Waals surface area contributed by atoms with Crippen molar-refractivity contribution in [2.45, 2.75) is 17.2 Å². The van der Waals surface area contributed by atoms with Gasteiger partial charge in [-0.25, -0.2) is 23.2 Å². The van der Waals surface area contributed by atoms with Gasteiger partial charge in [0, 0.05) is 24.5 Å². The average Bonchev–Trinajstić information content (AvgIpc) is 2.79. The summed E-state index contributed by atoms with van der Waals surface area (Å²) in [6.07, 6.45) is -9.03. The molecule has 0 atom stereocenters. The summed E-state index contributed by atoms with van der Waals surface area (Å²) in [6, 6.07) is 9.15. The second-order valence-corrected chi connectivity index (χ2v) is 9.39. The van der Waals surface area contributed by atoms with Gasteiger partial charge in [-0.3, -0.25) is 0 Å². The second-order valence-electron chi connectivity index (χ2n) is 7.05. The van der Waals surface area contributed by atoms with Crippen molar-refractivity contribution in [2.24, 2.45) is 0 Å². The lowest BCUT2D eigenvalue weighted by Crippen LogP contribution is -2.36. The van der Waals surface area contributed by atoms with Crippen molar-refractivity contribution in [1.82, 2.24) is 14.4 Å². The molecule has 3 aromatic rings. The van der Waals surface area contributed by atoms with Gasteiger partial charge in [-0.05, 0) is 40.9 Å². The SMILES string of the molecule is CN(OC(=O)C(F)(F)F)S(=O)(=O)c1cccc(Nc2cc(Nc3ccc(Cl)c(C(F)(F)F)c3)ncn2)c1. The maximum Gasteiger partial charge on any atom is 0.492 e. The minimum absolute atomic E-state index is 0.0194. The molecule has 0 aliphatic rings. The molecule has 0 fully saturated rings. The van der Waals surface area contributed by atoms with Crippen LogP contribution in [0.3, 0.4) is 0 Å². The molecule has 1 heterocycles. The van der Waals surface area contributed by atoms with Crippen molar-refractivity contribution in [3.8, 4) is 0 Å². The van der Waals surface area contributed by atoms with Gasteiger partial charge in [-0.1, -0.05) is 17.7 Å². The highest BCUT2D eigenvalue weighted by molar-refractivity contribution is 7.89. The van der Waals surface area contributed by atoms with E-state index in [9.17, 15) is 39.6 Å². The van der Waals surface area contributed by atoms with Crippen LogP contribution in [-0.4, -0.2) is 42.0 Å². The average molecular weight is 570 g/mol. The van der Waals surface area contributed by atoms with Crippen LogP contribution in [0.2, 0.25) is 5.02 Å². The summed E-state index contributed by atoms with van der Waals surface area (Å²) in [5.74, 6) is -2.58. The van der Waals surface area contributed by atoms with E-state index in [0.29, 0.717) is 7.05 Å². The Labute approximate surface area is 210 Å². The Hall–Kier alpha value is -3.63. The first-order valence-electron chi connectivity index (χ1n) is 9.68. The number of alkyl halides is 6. The zero-order valence-electron chi connectivity index (χ0n) is 18.2. The van der Waals surface area contributed by atoms with Crippen LogP contribution in [0, 0.1) is 0 Å². The van der Waals surface area contributed by atoms with E-state index in [4.69, 9.17) is 11.6 Å². The number of aromatic nitrogens is 2. The molecule has 1 aromatic heterocycles. The third-order valence-corrected chi connectivity index (χ3v) is 6.33. The first kappa shape index (κ1) is 27.9. The molecule has 0 bridgehead atoms. The number of sulfonamides is 1. The summed E-state index contributed by atoms with van der Waals surface area (Å²) < 4.78 is 101. The number of hydrogen-bond donors (Lipinski definition) is 2. The van der Waals surface area contributed by atoms with E-state index in [1.807, 2.05) is 0 Å². The molecule has 198 valence electrons. The lowest BCUT2D eigenvalue weighted by atomic mass is 10.2. The number of anilines is 4. The van der Waals surface area contributed by atoms with Gasteiger partial charge in [0.25, 0.3) is 10.0 Å². The molecule has 0 aliphatic heterocycles. The molecule has 0 radical (unpaired) electrons. The van der Waals surface area contributed by atoms with E-state index >= 15 is 0 Å². The van der Waals surface area contributed by atoms with Gasteiger partial charge in [0.05, 0.1) is 15.5 Å². The van der Waals surface area contributed by atoms with Gasteiger partial charge in [-0.15, -0.1) is 0 Å². The van der Waals surface area contributed by atoms with Gasteiger partial charge >= 0.3 is 18.3 Å². The molecule has 0 aliphatic carbocycles. The normalized spacial score (nSPS) is 12.4. The monoisotopic (exact) mass is 569 g/mol. The first-order chi connectivity index (χ1) is 17.1. The van der Waals surface area contributed by atoms with Gasteiger partial charge in [-0.2, -0.15) is 26.3 Å². The van der Waals surface area contributed by atoms with E-state index in [1.54, 1.807) is 0 Å². The van der Waals surface area contributed by atoms with Crippen LogP contribution in [0.25, 0.3) is 0 Å². The van der Waals surface area contributed by atoms with Crippen LogP contribution in [0.4, 0.5) is 49.4 Å². The molecule has 0 unspecified atom stereocenters. The third kappa shape index (κ3) is 6.99. The minimum atomic E-state index is -5.41. The van der Waals surface area contributed by atoms with Gasteiger partial charge in [0.15, 0.2) is 0 Å². The number of hydrogen-bond acceptors (Lipinski definition) is 8. The maximum atomic E-state index is 13.1. The number of hydroxylamine groups is 1. The van der Waals surface area contributed by atoms with E-state index in [2.05, 4.69) is 25.4 Å². The van der Waals surface area contributed by atoms with E-state index in [0.717, 1.165) is 30.6 Å². The molecule has 0 saturated carbocycles. The molecule has 0 saturated heterocycles. The first-order valence-corrected chi connectivity index (χ1v) is 11.5. The zero-order valence-corrected chi connectivity index (χ0v) is 19.8. The number of halogens is 7. The summed E-state index contributed by atoms with van der Waals surface area (Å²) in [5.41, 5.74) is -0.937. The fourth-order valence-electron chi connectivity index (χ4n) is 2.71. The zero-order chi connectivity index (χ0) is 27.6. The summed E-state index contributed by atoms with van der Waals surface area (Å²) >= 11 is 5.60. The number of rotatable bonds is 7. The molecule has 0 spiro atoms. The van der Waals surface area contributed by atoms with Crippen molar-refractivity contribution < 1.29 is 44.4 Å². The minimum Gasteiger partial charge on any atom is -0.345 e. The standard InChI is InChI=1S/C20H14ClF6N5O4S/c1-32(36-18(33)20(25,26)27)37(34,35)13-4-2-3-11(7-13)30-16-9-17(29-10-28-16)31-12-5-6-15(21)14(8-12)19(22,23)24/h2-10H,1H3,(H2,28,29,30,31). The maximum absolute atomic E-state index is 13.1. The topological polar surface area (TPSA) is 114 Å². The van der Waals surface area contributed by atoms with Crippen molar-refractivity contribution in [2.75, 3.05) is 17.7 Å². The van der Waals surface area contributed by atoms with Crippen LogP contribution < -0.4 is 10.6 Å². The van der Waals surface area contributed by atoms with Crippen LogP contribution in [0.15, 0.2) is 59.8 Å². The van der Waals surface area contributed by atoms with E-state index in [1.165, 1.54) is 24.3 Å². The van der Waals surface area contributed by atoms with Gasteiger partial charge in [0.1, 0.15) is 18.0 Å². The molecule has 37 heavy (non-hydrogen) atoms. The lowest BCUT2D eigenvalue weighted by Gasteiger charge is -2.17. The van der Waals surface area contributed by atoms with Crippen LogP contribution in [-0.2, 0) is 25.8 Å². The Morgan fingerprint density at radius 1 is 0.946 bits per heavy atom. The highest BCUT2D eigenvalue weighted by atomic mass is 35.5. The Balaban J connectivity index is 1.79. The number of nitrogens with one attached hydrogen (secondary N) is 2. The summed E-state index contributed by atoms with van der Waals surface area (Å²) in [4.78, 5) is 22.1. The predicted octanol–water partition coefficient (Wildman–Crippen LogP) is 5.28. The Morgan fingerprint density at radius 2 is 1.54 bits per heavy atom. The molecule has 0 amide bonds. The fraction of sp³-hybridized carbons (Fsp3) is 0.150. The van der Waals surface area contributed by atoms with Gasteiger partial charge < -0.3 is 15.5 Å². The highest BCUT2D eigenvalue weighted by Gasteiger charge is 2.43. The molecule has 2 N–H and O–H groups in total. The number of carbonyl (C=O) groups is 1. The van der Waals surface area contributed by atoms with Crippen LogP contribution >= 0.6 is 11.6 Å². The fourth-order valence-corrected chi connectivity index (χ4v) is 3.92. The third-order valence-electron chi connectivity index (χ3n) is 4.40. The Bertz CT molecular complexity index is 1420. The molecule has 9 nitrogen and oxygen atoms in total. The van der Waals surface area contributed by atoms with Crippen molar-refractivity contribution in [3.05, 3.63) is 65.4 Å². The molecule has 2 aromatic carbocycles. The largest absolute Gasteiger partial charge is 0.492 e. The quantitative estimate of drug-likeness (QED) is 0.292. The number of carbonyl (C=O) groups excluding carboxylic acids is 1. The summed E-state index contributed by atoms with van der Waals surface area (Å²) in [6.45, 7) is 0. The number of benzene rings is 2. The second kappa shape index (κ2) is 10.4. The highest BCUT2D eigenvalue weighted by Crippen LogP contribution is 2.36. The Kier molecular flexibility index (Phi) is 7.85. The molecular weight excluding hydrogens is 556 g/mol. The van der Waals surface area contributed by atoms with Crippen molar-refractivity contribution in [1.29, 1.82) is 0 Å². The molecular formula is C20H14ClF6N5O4S. The van der Waals surface area contributed by atoms with E-state index in [-0.39, 0.29) is 27.5 Å². The van der Waals surface area contributed by atoms with E-state index < -0.39 is 43.8 Å². The van der Waals surface area contributed by atoms with Gasteiger partial charge in [0.2, 0.25) is 0 Å².